The highest BCUT2D eigenvalue weighted by molar-refractivity contribution is 6.10. The van der Waals surface area contributed by atoms with E-state index < -0.39 is 5.79 Å². The van der Waals surface area contributed by atoms with E-state index in [1.807, 2.05) is 0 Å². The van der Waals surface area contributed by atoms with Gasteiger partial charge in [-0.3, -0.25) is 0 Å². The van der Waals surface area contributed by atoms with Crippen LogP contribution in [0.4, 0.5) is 0 Å². The molecule has 0 aromatic carbocycles. The summed E-state index contributed by atoms with van der Waals surface area (Å²) in [6.45, 7) is 3.07. The Balaban J connectivity index is 4.97. The van der Waals surface area contributed by atoms with E-state index in [1.54, 1.807) is 28.2 Å². The topological polar surface area (TPSA) is 71.7 Å². The predicted molar refractivity (Wildman–Crippen MR) is 60.8 cm³/mol. The van der Waals surface area contributed by atoms with E-state index in [4.69, 9.17) is 0 Å². The van der Waals surface area contributed by atoms with Gasteiger partial charge in [0.1, 0.15) is 0 Å². The van der Waals surface area contributed by atoms with Gasteiger partial charge in [-0.25, -0.2) is 0 Å². The molecule has 0 saturated heterocycles. The van der Waals surface area contributed by atoms with Crippen molar-refractivity contribution in [3.05, 3.63) is 0 Å². The molecule has 0 saturated carbocycles. The number of hydrogen-bond acceptors (Lipinski definition) is 6. The summed E-state index contributed by atoms with van der Waals surface area (Å²) in [7, 11) is 6.83. The number of hydrogen-bond donors (Lipinski definition) is 2. The fraction of sp³-hybridized carbons (Fsp3) is 0.778. The van der Waals surface area contributed by atoms with Crippen molar-refractivity contribution in [2.75, 3.05) is 28.2 Å². The lowest BCUT2D eigenvalue weighted by molar-refractivity contribution is -0.0402. The third kappa shape index (κ3) is 4.26. The lowest BCUT2D eigenvalue weighted by Crippen LogP contribution is -2.45. The van der Waals surface area contributed by atoms with Crippen molar-refractivity contribution in [3.63, 3.8) is 0 Å². The Morgan fingerprint density at radius 2 is 1.13 bits per heavy atom. The van der Waals surface area contributed by atoms with E-state index in [-0.39, 0.29) is 11.4 Å². The van der Waals surface area contributed by atoms with Crippen LogP contribution >= 0.6 is 0 Å². The van der Waals surface area contributed by atoms with Gasteiger partial charge in [0.25, 0.3) is 0 Å². The molecule has 0 aromatic heterocycles. The molecule has 15 heavy (non-hydrogen) atoms. The molecule has 0 atom stereocenters. The molecule has 0 rings (SSSR count). The Bertz CT molecular complexity index is 243. The zero-order valence-corrected chi connectivity index (χ0v) is 10.2. The highest BCUT2D eigenvalue weighted by Crippen LogP contribution is 2.07. The van der Waals surface area contributed by atoms with E-state index in [2.05, 4.69) is 10.2 Å². The monoisotopic (exact) mass is 216 g/mol. The van der Waals surface area contributed by atoms with Gasteiger partial charge in [-0.15, -0.1) is 0 Å². The zero-order valence-electron chi connectivity index (χ0n) is 10.2. The summed E-state index contributed by atoms with van der Waals surface area (Å²) in [6.07, 6.45) is 0. The average Bonchev–Trinajstić information content (AvgIpc) is 2.01. The SMILES string of the molecule is C/C(=N\N(C)C)C(O)(O)/C(C)=N/N(C)C. The van der Waals surface area contributed by atoms with Crippen molar-refractivity contribution in [2.24, 2.45) is 10.2 Å². The van der Waals surface area contributed by atoms with Gasteiger partial charge in [0.05, 0.1) is 11.4 Å². The standard InChI is InChI=1S/C9H20N4O2/c1-7(10-12(3)4)9(14,15)8(2)11-13(5)6/h14-15H,1-6H3/b10-7+,11-8+. The third-order valence-electron chi connectivity index (χ3n) is 1.71. The van der Waals surface area contributed by atoms with Crippen molar-refractivity contribution in [2.45, 2.75) is 19.6 Å². The summed E-state index contributed by atoms with van der Waals surface area (Å²) in [6, 6.07) is 0. The molecule has 6 heteroatoms. The minimum absolute atomic E-state index is 0.176. The van der Waals surface area contributed by atoms with Gasteiger partial charge >= 0.3 is 0 Å². The van der Waals surface area contributed by atoms with Gasteiger partial charge in [-0.1, -0.05) is 0 Å². The molecule has 0 spiro atoms. The molecule has 0 unspecified atom stereocenters. The number of nitrogens with zero attached hydrogens (tertiary/aromatic N) is 4. The minimum Gasteiger partial charge on any atom is -0.356 e. The van der Waals surface area contributed by atoms with Crippen LogP contribution in [0, 0.1) is 0 Å². The number of hydrazone groups is 2. The number of aliphatic hydroxyl groups is 2. The Kier molecular flexibility index (Phi) is 4.70. The predicted octanol–water partition coefficient (Wildman–Crippen LogP) is -0.458. The summed E-state index contributed by atoms with van der Waals surface area (Å²) in [5.74, 6) is -2.10. The Hall–Kier alpha value is -1.14. The summed E-state index contributed by atoms with van der Waals surface area (Å²) in [5, 5.41) is 30.4. The first-order valence-electron chi connectivity index (χ1n) is 4.58. The molecule has 0 aromatic rings. The van der Waals surface area contributed by atoms with Gasteiger partial charge in [0.2, 0.25) is 5.79 Å². The van der Waals surface area contributed by atoms with Gasteiger partial charge in [-0.2, -0.15) is 10.2 Å². The normalized spacial score (nSPS) is 14.1. The summed E-state index contributed by atoms with van der Waals surface area (Å²) >= 11 is 0. The highest BCUT2D eigenvalue weighted by atomic mass is 16.5. The first-order chi connectivity index (χ1) is 6.67. The van der Waals surface area contributed by atoms with Crippen molar-refractivity contribution in [3.8, 4) is 0 Å². The fourth-order valence-corrected chi connectivity index (χ4v) is 1.00. The van der Waals surface area contributed by atoms with Gasteiger partial charge in [0, 0.05) is 28.2 Å². The van der Waals surface area contributed by atoms with Crippen LogP contribution in [-0.4, -0.2) is 65.6 Å². The Morgan fingerprint density at radius 3 is 1.33 bits per heavy atom. The quantitative estimate of drug-likeness (QED) is 0.379. The van der Waals surface area contributed by atoms with E-state index >= 15 is 0 Å². The maximum atomic E-state index is 9.79. The molecule has 6 nitrogen and oxygen atoms in total. The first kappa shape index (κ1) is 13.9. The van der Waals surface area contributed by atoms with Crippen molar-refractivity contribution < 1.29 is 10.2 Å². The Morgan fingerprint density at radius 1 is 0.867 bits per heavy atom. The zero-order chi connectivity index (χ0) is 12.2. The minimum atomic E-state index is -2.10. The lowest BCUT2D eigenvalue weighted by Gasteiger charge is -2.23. The fourth-order valence-electron chi connectivity index (χ4n) is 1.00. The third-order valence-corrected chi connectivity index (χ3v) is 1.71. The molecular formula is C9H20N4O2. The smallest absolute Gasteiger partial charge is 0.247 e. The summed E-state index contributed by atoms with van der Waals surface area (Å²) < 4.78 is 0. The van der Waals surface area contributed by atoms with E-state index in [1.165, 1.54) is 23.9 Å². The molecule has 88 valence electrons. The Labute approximate surface area is 90.5 Å². The van der Waals surface area contributed by atoms with Crippen molar-refractivity contribution in [1.82, 2.24) is 10.0 Å². The van der Waals surface area contributed by atoms with Crippen LogP contribution in [0.2, 0.25) is 0 Å². The van der Waals surface area contributed by atoms with Crippen LogP contribution in [0.5, 0.6) is 0 Å². The second kappa shape index (κ2) is 5.09. The second-order valence-corrected chi connectivity index (χ2v) is 3.74. The van der Waals surface area contributed by atoms with E-state index in [0.717, 1.165) is 0 Å². The average molecular weight is 216 g/mol. The van der Waals surface area contributed by atoms with Gasteiger partial charge in [-0.05, 0) is 13.8 Å². The first-order valence-corrected chi connectivity index (χ1v) is 4.58. The lowest BCUT2D eigenvalue weighted by atomic mass is 10.1. The van der Waals surface area contributed by atoms with Gasteiger partial charge < -0.3 is 20.2 Å². The highest BCUT2D eigenvalue weighted by Gasteiger charge is 2.32. The molecule has 0 fully saturated rings. The molecule has 2 N–H and O–H groups in total. The molecule has 0 radical (unpaired) electrons. The van der Waals surface area contributed by atoms with Crippen molar-refractivity contribution in [1.29, 1.82) is 0 Å². The molecule has 0 aliphatic carbocycles. The van der Waals surface area contributed by atoms with Crippen LogP contribution in [0.1, 0.15) is 13.8 Å². The largest absolute Gasteiger partial charge is 0.356 e. The summed E-state index contributed by atoms with van der Waals surface area (Å²) in [5.41, 5.74) is 0.353. The van der Waals surface area contributed by atoms with Crippen LogP contribution in [-0.2, 0) is 0 Å². The molecule has 0 aliphatic heterocycles. The van der Waals surface area contributed by atoms with Crippen LogP contribution < -0.4 is 0 Å². The summed E-state index contributed by atoms with van der Waals surface area (Å²) in [4.78, 5) is 0. The van der Waals surface area contributed by atoms with Crippen LogP contribution in [0.25, 0.3) is 0 Å². The molecule has 0 bridgehead atoms. The van der Waals surface area contributed by atoms with Crippen LogP contribution in [0.3, 0.4) is 0 Å². The second-order valence-electron chi connectivity index (χ2n) is 3.74. The molecule has 0 aliphatic rings. The van der Waals surface area contributed by atoms with E-state index in [9.17, 15) is 10.2 Å². The van der Waals surface area contributed by atoms with Gasteiger partial charge in [0.15, 0.2) is 0 Å². The number of rotatable bonds is 4. The maximum Gasteiger partial charge on any atom is 0.247 e. The maximum absolute atomic E-state index is 9.79. The molecule has 0 amide bonds. The van der Waals surface area contributed by atoms with Crippen molar-refractivity contribution >= 4 is 11.4 Å². The molecular weight excluding hydrogens is 196 g/mol. The molecule has 0 heterocycles. The van der Waals surface area contributed by atoms with Crippen LogP contribution in [0.15, 0.2) is 10.2 Å². The van der Waals surface area contributed by atoms with E-state index in [0.29, 0.717) is 0 Å².